The van der Waals surface area contributed by atoms with E-state index in [0.29, 0.717) is 87.3 Å². The van der Waals surface area contributed by atoms with Crippen LogP contribution in [0.2, 0.25) is 0 Å². The Morgan fingerprint density at radius 2 is 0.984 bits per heavy atom. The summed E-state index contributed by atoms with van der Waals surface area (Å²) in [5.74, 6) is -0.249. The quantitative estimate of drug-likeness (QED) is 0.0231. The van der Waals surface area contributed by atoms with Crippen molar-refractivity contribution in [2.24, 2.45) is 0 Å². The van der Waals surface area contributed by atoms with E-state index in [4.69, 9.17) is 0 Å². The number of phenolic OH excluding ortho intramolecular Hbond substituents is 1. The zero-order valence-corrected chi connectivity index (χ0v) is 36.1. The number of aromatic hydroxyl groups is 1. The molecule has 2 amide bonds. The van der Waals surface area contributed by atoms with E-state index >= 15 is 0 Å². The van der Waals surface area contributed by atoms with Crippen LogP contribution >= 0.6 is 0 Å². The van der Waals surface area contributed by atoms with E-state index in [0.717, 1.165) is 54.9 Å². The number of hydrogen-bond acceptors (Lipinski definition) is 9. The maximum absolute atomic E-state index is 12.4. The largest absolute Gasteiger partial charge is 0.508 e. The van der Waals surface area contributed by atoms with Gasteiger partial charge in [0.1, 0.15) is 5.75 Å². The van der Waals surface area contributed by atoms with Crippen molar-refractivity contribution in [3.8, 4) is 16.9 Å². The topological polar surface area (TPSA) is 166 Å². The van der Waals surface area contributed by atoms with Crippen LogP contribution in [0, 0.1) is 0 Å². The standard InChI is InChI=1S/C50H56B2N4O7/c1-34(2)49(58)53-24-12-26-55(30-38-14-5-9-20-47(38)51(60)61)32-45-41-18-7-8-19-42(41)46(44-29-37(22-23-43(44)45)36-16-11-17-40(57)28-36)33-56(27-13-25-54-50(59)35(3)4)31-39-15-6-10-21-48(39)52(62)63/h5-11,14-23,28-29,57,60-63H,1,3,12-13,24-27,30-33H2,2,4H3,(H,53,58)(H,54,59). The average Bonchev–Trinajstić information content (AvgIpc) is 3.27. The highest BCUT2D eigenvalue weighted by atomic mass is 16.4. The van der Waals surface area contributed by atoms with Gasteiger partial charge in [-0.05, 0) is 111 Å². The Morgan fingerprint density at radius 1 is 0.540 bits per heavy atom. The highest BCUT2D eigenvalue weighted by Gasteiger charge is 2.23. The van der Waals surface area contributed by atoms with Crippen LogP contribution in [0.1, 0.15) is 48.9 Å². The molecule has 0 aliphatic heterocycles. The first kappa shape index (κ1) is 46.5. The van der Waals surface area contributed by atoms with Crippen molar-refractivity contribution < 1.29 is 34.8 Å². The average molecular weight is 847 g/mol. The van der Waals surface area contributed by atoms with Gasteiger partial charge >= 0.3 is 14.2 Å². The minimum absolute atomic E-state index is 0.157. The molecule has 0 saturated heterocycles. The second-order valence-corrected chi connectivity index (χ2v) is 16.2. The van der Waals surface area contributed by atoms with Gasteiger partial charge in [-0.15, -0.1) is 0 Å². The molecule has 6 aromatic rings. The summed E-state index contributed by atoms with van der Waals surface area (Å²) in [6.07, 6.45) is 1.25. The lowest BCUT2D eigenvalue weighted by molar-refractivity contribution is -0.118. The third-order valence-corrected chi connectivity index (χ3v) is 11.3. The number of rotatable bonds is 21. The molecule has 0 bridgehead atoms. The van der Waals surface area contributed by atoms with Crippen molar-refractivity contribution in [2.45, 2.75) is 52.9 Å². The molecule has 0 heterocycles. The highest BCUT2D eigenvalue weighted by Crippen LogP contribution is 2.38. The fourth-order valence-corrected chi connectivity index (χ4v) is 8.09. The minimum atomic E-state index is -1.65. The molecule has 63 heavy (non-hydrogen) atoms. The summed E-state index contributed by atoms with van der Waals surface area (Å²) in [4.78, 5) is 29.3. The van der Waals surface area contributed by atoms with Crippen LogP contribution in [0.5, 0.6) is 5.75 Å². The SMILES string of the molecule is C=C(C)C(=O)NCCCN(Cc1ccccc1B(O)O)Cc1c2ccccc2c(CN(CCCNC(=O)C(=C)C)Cc2ccccc2B(O)O)c2cc(-c3cccc(O)c3)ccc12. The summed E-state index contributed by atoms with van der Waals surface area (Å²) in [7, 11) is -3.30. The van der Waals surface area contributed by atoms with Gasteiger partial charge in [-0.3, -0.25) is 19.4 Å². The van der Waals surface area contributed by atoms with E-state index in [1.807, 2.05) is 48.5 Å². The number of carbonyl (C=O) groups excluding carboxylic acids is 2. The van der Waals surface area contributed by atoms with Crippen molar-refractivity contribution in [3.05, 3.63) is 162 Å². The molecular formula is C50H56B2N4O7. The molecular weight excluding hydrogens is 790 g/mol. The molecule has 0 saturated carbocycles. The minimum Gasteiger partial charge on any atom is -0.508 e. The summed E-state index contributed by atoms with van der Waals surface area (Å²) < 4.78 is 0. The number of phenols is 1. The monoisotopic (exact) mass is 846 g/mol. The molecule has 7 N–H and O–H groups in total. The Labute approximate surface area is 370 Å². The molecule has 0 aliphatic carbocycles. The smallest absolute Gasteiger partial charge is 0.488 e. The lowest BCUT2D eigenvalue weighted by Crippen LogP contribution is -2.36. The first-order chi connectivity index (χ1) is 30.3. The molecule has 0 fully saturated rings. The molecule has 6 aromatic carbocycles. The molecule has 0 aliphatic rings. The Kier molecular flexibility index (Phi) is 16.1. The van der Waals surface area contributed by atoms with E-state index < -0.39 is 14.2 Å². The molecule has 0 aromatic heterocycles. The zero-order chi connectivity index (χ0) is 45.0. The van der Waals surface area contributed by atoms with Crippen molar-refractivity contribution in [2.75, 3.05) is 26.2 Å². The number of benzene rings is 6. The van der Waals surface area contributed by atoms with Crippen LogP contribution in [-0.2, 0) is 35.8 Å². The summed E-state index contributed by atoms with van der Waals surface area (Å²) >= 11 is 0. The van der Waals surface area contributed by atoms with Crippen LogP contribution in [0.25, 0.3) is 32.7 Å². The maximum atomic E-state index is 12.4. The Balaban J connectivity index is 1.48. The van der Waals surface area contributed by atoms with Crippen molar-refractivity contribution in [1.29, 1.82) is 0 Å². The molecule has 11 nitrogen and oxygen atoms in total. The fourth-order valence-electron chi connectivity index (χ4n) is 8.09. The Hall–Kier alpha value is -6.05. The van der Waals surface area contributed by atoms with Gasteiger partial charge < -0.3 is 35.8 Å². The predicted octanol–water partition coefficient (Wildman–Crippen LogP) is 4.89. The highest BCUT2D eigenvalue weighted by molar-refractivity contribution is 6.59. The van der Waals surface area contributed by atoms with Crippen molar-refractivity contribution in [1.82, 2.24) is 20.4 Å². The number of hydrogen-bond donors (Lipinski definition) is 7. The van der Waals surface area contributed by atoms with Gasteiger partial charge in [0.05, 0.1) is 0 Å². The van der Waals surface area contributed by atoms with Crippen LogP contribution in [0.15, 0.2) is 140 Å². The van der Waals surface area contributed by atoms with Crippen molar-refractivity contribution >= 4 is 58.5 Å². The number of nitrogens with one attached hydrogen (secondary N) is 2. The third-order valence-electron chi connectivity index (χ3n) is 11.3. The normalized spacial score (nSPS) is 11.3. The van der Waals surface area contributed by atoms with Gasteiger partial charge in [0.25, 0.3) is 0 Å². The number of nitrogens with zero attached hydrogens (tertiary/aromatic N) is 2. The van der Waals surface area contributed by atoms with Crippen LogP contribution < -0.4 is 21.6 Å². The summed E-state index contributed by atoms with van der Waals surface area (Å²) in [5, 5.41) is 61.8. The first-order valence-electron chi connectivity index (χ1n) is 21.3. The molecule has 0 spiro atoms. The van der Waals surface area contributed by atoms with E-state index in [2.05, 4.69) is 63.9 Å². The fraction of sp³-hybridized carbons (Fsp3) is 0.240. The van der Waals surface area contributed by atoms with Crippen LogP contribution in [0.3, 0.4) is 0 Å². The molecule has 0 radical (unpaired) electrons. The van der Waals surface area contributed by atoms with Gasteiger partial charge in [0, 0.05) is 63.5 Å². The Morgan fingerprint density at radius 3 is 1.46 bits per heavy atom. The lowest BCUT2D eigenvalue weighted by atomic mass is 9.77. The molecule has 0 atom stereocenters. The summed E-state index contributed by atoms with van der Waals surface area (Å²) in [6.45, 7) is 14.6. The molecule has 324 valence electrons. The third kappa shape index (κ3) is 12.1. The van der Waals surface area contributed by atoms with Gasteiger partial charge in [-0.25, -0.2) is 0 Å². The van der Waals surface area contributed by atoms with Crippen LogP contribution in [-0.4, -0.2) is 87.2 Å². The molecule has 13 heteroatoms. The second kappa shape index (κ2) is 21.8. The first-order valence-corrected chi connectivity index (χ1v) is 21.3. The number of amides is 2. The van der Waals surface area contributed by atoms with E-state index in [9.17, 15) is 34.8 Å². The number of carbonyl (C=O) groups is 2. The van der Waals surface area contributed by atoms with E-state index in [-0.39, 0.29) is 17.6 Å². The molecule has 6 rings (SSSR count). The van der Waals surface area contributed by atoms with Gasteiger partial charge in [0.2, 0.25) is 11.8 Å². The van der Waals surface area contributed by atoms with Gasteiger partial charge in [-0.2, -0.15) is 0 Å². The van der Waals surface area contributed by atoms with E-state index in [1.165, 1.54) is 0 Å². The molecule has 0 unspecified atom stereocenters. The van der Waals surface area contributed by atoms with Crippen LogP contribution in [0.4, 0.5) is 0 Å². The second-order valence-electron chi connectivity index (χ2n) is 16.2. The number of fused-ring (bicyclic) bond motifs is 2. The maximum Gasteiger partial charge on any atom is 0.488 e. The predicted molar refractivity (Wildman–Crippen MR) is 254 cm³/mol. The lowest BCUT2D eigenvalue weighted by Gasteiger charge is -2.28. The van der Waals surface area contributed by atoms with Gasteiger partial charge in [-0.1, -0.05) is 110 Å². The van der Waals surface area contributed by atoms with Crippen molar-refractivity contribution in [3.63, 3.8) is 0 Å². The summed E-state index contributed by atoms with van der Waals surface area (Å²) in [6, 6.07) is 36.4. The zero-order valence-electron chi connectivity index (χ0n) is 36.1. The van der Waals surface area contributed by atoms with Gasteiger partial charge in [0.15, 0.2) is 0 Å². The summed E-state index contributed by atoms with van der Waals surface area (Å²) in [5.41, 5.74) is 7.16. The Bertz CT molecular complexity index is 2600. The van der Waals surface area contributed by atoms with E-state index in [1.54, 1.807) is 50.2 Å².